The summed E-state index contributed by atoms with van der Waals surface area (Å²) in [6.07, 6.45) is 6.39. The van der Waals surface area contributed by atoms with E-state index >= 15 is 0 Å². The molecular formula is C16H17BrN4S. The van der Waals surface area contributed by atoms with Crippen LogP contribution in [0.25, 0.3) is 5.70 Å². The minimum absolute atomic E-state index is 0.529. The molecule has 22 heavy (non-hydrogen) atoms. The van der Waals surface area contributed by atoms with E-state index < -0.39 is 0 Å². The maximum atomic E-state index is 4.46. The number of fused-ring (bicyclic) bond motifs is 1. The second-order valence-corrected chi connectivity index (χ2v) is 7.44. The summed E-state index contributed by atoms with van der Waals surface area (Å²) < 4.78 is 3.17. The maximum absolute atomic E-state index is 4.46. The third kappa shape index (κ3) is 2.58. The van der Waals surface area contributed by atoms with Gasteiger partial charge in [-0.25, -0.2) is 4.68 Å². The zero-order chi connectivity index (χ0) is 14.9. The normalized spacial score (nSPS) is 18.5. The highest BCUT2D eigenvalue weighted by atomic mass is 79.9. The topological polar surface area (TPSA) is 42.7 Å². The number of aromatic nitrogens is 3. The highest BCUT2D eigenvalue weighted by Crippen LogP contribution is 2.36. The summed E-state index contributed by atoms with van der Waals surface area (Å²) in [7, 11) is 0. The SMILES string of the molecule is Brc1ccccc1C1=CSc2nnc(C3CCCCC3)n2N1. The third-order valence-electron chi connectivity index (χ3n) is 4.31. The van der Waals surface area contributed by atoms with Gasteiger partial charge in [-0.15, -0.1) is 10.2 Å². The Morgan fingerprint density at radius 1 is 1.14 bits per heavy atom. The largest absolute Gasteiger partial charge is 0.290 e. The Bertz CT molecular complexity index is 719. The van der Waals surface area contributed by atoms with Crippen molar-refractivity contribution >= 4 is 33.4 Å². The quantitative estimate of drug-likeness (QED) is 0.821. The van der Waals surface area contributed by atoms with E-state index in [9.17, 15) is 0 Å². The minimum atomic E-state index is 0.529. The molecule has 0 amide bonds. The number of nitrogens with zero attached hydrogens (tertiary/aromatic N) is 3. The van der Waals surface area contributed by atoms with Gasteiger partial charge in [-0.05, 0) is 18.9 Å². The molecule has 0 radical (unpaired) electrons. The number of benzene rings is 1. The van der Waals surface area contributed by atoms with E-state index in [1.807, 2.05) is 6.07 Å². The van der Waals surface area contributed by atoms with Crippen LogP contribution < -0.4 is 5.43 Å². The number of rotatable bonds is 2. The van der Waals surface area contributed by atoms with Gasteiger partial charge in [0.25, 0.3) is 0 Å². The average molecular weight is 377 g/mol. The van der Waals surface area contributed by atoms with Crippen molar-refractivity contribution in [1.82, 2.24) is 14.9 Å². The molecule has 0 saturated heterocycles. The van der Waals surface area contributed by atoms with Gasteiger partial charge in [-0.2, -0.15) is 0 Å². The molecule has 1 aromatic heterocycles. The van der Waals surface area contributed by atoms with Gasteiger partial charge in [0.15, 0.2) is 5.82 Å². The highest BCUT2D eigenvalue weighted by molar-refractivity contribution is 9.10. The lowest BCUT2D eigenvalue weighted by molar-refractivity contribution is 0.420. The second kappa shape index (κ2) is 6.08. The van der Waals surface area contributed by atoms with Crippen LogP contribution in [0.2, 0.25) is 0 Å². The van der Waals surface area contributed by atoms with Crippen LogP contribution in [-0.4, -0.2) is 14.9 Å². The van der Waals surface area contributed by atoms with E-state index in [2.05, 4.69) is 59.8 Å². The molecule has 1 fully saturated rings. The average Bonchev–Trinajstić information content (AvgIpc) is 2.99. The van der Waals surface area contributed by atoms with Crippen molar-refractivity contribution in [2.24, 2.45) is 0 Å². The minimum Gasteiger partial charge on any atom is -0.290 e. The van der Waals surface area contributed by atoms with E-state index in [0.29, 0.717) is 5.92 Å². The van der Waals surface area contributed by atoms with Crippen LogP contribution in [0.4, 0.5) is 0 Å². The molecule has 4 nitrogen and oxygen atoms in total. The number of hydrogen-bond donors (Lipinski definition) is 1. The Kier molecular flexibility index (Phi) is 3.96. The first-order chi connectivity index (χ1) is 10.8. The molecule has 0 spiro atoms. The Balaban J connectivity index is 1.65. The van der Waals surface area contributed by atoms with E-state index in [-0.39, 0.29) is 0 Å². The van der Waals surface area contributed by atoms with Crippen LogP contribution in [0.5, 0.6) is 0 Å². The van der Waals surface area contributed by atoms with Crippen molar-refractivity contribution in [3.63, 3.8) is 0 Å². The van der Waals surface area contributed by atoms with E-state index in [1.165, 1.54) is 32.1 Å². The molecule has 1 aliphatic carbocycles. The predicted octanol–water partition coefficient (Wildman–Crippen LogP) is 4.74. The second-order valence-electron chi connectivity index (χ2n) is 5.75. The van der Waals surface area contributed by atoms with Crippen molar-refractivity contribution < 1.29 is 0 Å². The molecule has 1 aliphatic heterocycles. The molecule has 0 bridgehead atoms. The molecule has 0 unspecified atom stereocenters. The van der Waals surface area contributed by atoms with Crippen molar-refractivity contribution in [3.05, 3.63) is 45.5 Å². The Morgan fingerprint density at radius 2 is 1.95 bits per heavy atom. The van der Waals surface area contributed by atoms with Crippen LogP contribution in [0.3, 0.4) is 0 Å². The van der Waals surface area contributed by atoms with Gasteiger partial charge >= 0.3 is 0 Å². The molecular weight excluding hydrogens is 360 g/mol. The lowest BCUT2D eigenvalue weighted by atomic mass is 9.89. The summed E-state index contributed by atoms with van der Waals surface area (Å²) in [6, 6.07) is 8.25. The van der Waals surface area contributed by atoms with E-state index in [1.54, 1.807) is 11.8 Å². The molecule has 6 heteroatoms. The fourth-order valence-electron chi connectivity index (χ4n) is 3.15. The molecule has 2 aliphatic rings. The van der Waals surface area contributed by atoms with Crippen LogP contribution in [0, 0.1) is 0 Å². The van der Waals surface area contributed by atoms with E-state index in [4.69, 9.17) is 0 Å². The summed E-state index contributed by atoms with van der Waals surface area (Å²) in [5, 5.41) is 11.8. The van der Waals surface area contributed by atoms with Gasteiger partial charge in [0.05, 0.1) is 5.70 Å². The van der Waals surface area contributed by atoms with Crippen LogP contribution in [0.15, 0.2) is 39.3 Å². The molecule has 114 valence electrons. The monoisotopic (exact) mass is 376 g/mol. The van der Waals surface area contributed by atoms with Gasteiger partial charge in [0.2, 0.25) is 5.16 Å². The zero-order valence-corrected chi connectivity index (χ0v) is 14.5. The first-order valence-corrected chi connectivity index (χ1v) is 9.34. The fraction of sp³-hybridized carbons (Fsp3) is 0.375. The number of thioether (sulfide) groups is 1. The maximum Gasteiger partial charge on any atom is 0.214 e. The van der Waals surface area contributed by atoms with Crippen LogP contribution in [-0.2, 0) is 0 Å². The molecule has 2 heterocycles. The smallest absolute Gasteiger partial charge is 0.214 e. The number of hydrogen-bond acceptors (Lipinski definition) is 4. The molecule has 0 atom stereocenters. The molecule has 4 rings (SSSR count). The Labute approximate surface area is 142 Å². The number of halogens is 1. The van der Waals surface area contributed by atoms with Gasteiger partial charge in [0.1, 0.15) is 0 Å². The lowest BCUT2D eigenvalue weighted by Crippen LogP contribution is -2.22. The van der Waals surface area contributed by atoms with Gasteiger partial charge in [0, 0.05) is 21.4 Å². The highest BCUT2D eigenvalue weighted by Gasteiger charge is 2.26. The third-order valence-corrected chi connectivity index (χ3v) is 5.83. The summed E-state index contributed by atoms with van der Waals surface area (Å²) in [6.45, 7) is 0. The predicted molar refractivity (Wildman–Crippen MR) is 93.2 cm³/mol. The lowest BCUT2D eigenvalue weighted by Gasteiger charge is -2.24. The van der Waals surface area contributed by atoms with Crippen molar-refractivity contribution in [2.45, 2.75) is 43.2 Å². The summed E-state index contributed by atoms with van der Waals surface area (Å²) >= 11 is 5.26. The van der Waals surface area contributed by atoms with Crippen molar-refractivity contribution in [3.8, 4) is 0 Å². The molecule has 1 saturated carbocycles. The van der Waals surface area contributed by atoms with Gasteiger partial charge < -0.3 is 0 Å². The van der Waals surface area contributed by atoms with Crippen molar-refractivity contribution in [1.29, 1.82) is 0 Å². The molecule has 2 aromatic rings. The summed E-state index contributed by atoms with van der Waals surface area (Å²) in [5.41, 5.74) is 5.74. The van der Waals surface area contributed by atoms with Gasteiger partial charge in [-0.1, -0.05) is 65.2 Å². The first kappa shape index (κ1) is 14.3. The van der Waals surface area contributed by atoms with E-state index in [0.717, 1.165) is 26.7 Å². The fourth-order valence-corrected chi connectivity index (χ4v) is 4.38. The van der Waals surface area contributed by atoms with Crippen molar-refractivity contribution in [2.75, 3.05) is 5.43 Å². The Hall–Kier alpha value is -1.27. The Morgan fingerprint density at radius 3 is 2.77 bits per heavy atom. The molecule has 1 aromatic carbocycles. The molecule has 1 N–H and O–H groups in total. The summed E-state index contributed by atoms with van der Waals surface area (Å²) in [5.74, 6) is 1.61. The number of nitrogens with one attached hydrogen (secondary N) is 1. The first-order valence-electron chi connectivity index (χ1n) is 7.67. The van der Waals surface area contributed by atoms with Crippen LogP contribution >= 0.6 is 27.7 Å². The zero-order valence-electron chi connectivity index (χ0n) is 12.1. The van der Waals surface area contributed by atoms with Crippen LogP contribution in [0.1, 0.15) is 49.4 Å². The standard InChI is InChI=1S/C16H17BrN4S/c17-13-9-5-4-8-12(13)14-10-22-16-19-18-15(21(16)20-14)11-6-2-1-3-7-11/h4-5,8-11,20H,1-3,6-7H2. The van der Waals surface area contributed by atoms with Gasteiger partial charge in [-0.3, -0.25) is 5.43 Å². The summed E-state index contributed by atoms with van der Waals surface area (Å²) in [4.78, 5) is 0.